The molecule has 0 bridgehead atoms. The minimum absolute atomic E-state index is 0.915. The Morgan fingerprint density at radius 1 is 0.710 bits per heavy atom. The standard InChI is InChI=1S/C28H19N3/c29-17-7-8-21-13-15-24(16-14-21)27-20-31-19-25(22-9-3-1-4-10-22)18-26(28(31)30-27)23-11-5-2-6-12-23/h1-16,18-20H. The lowest BCUT2D eigenvalue weighted by Gasteiger charge is -2.09. The van der Waals surface area contributed by atoms with Crippen LogP contribution < -0.4 is 0 Å². The molecule has 3 aromatic carbocycles. The second-order valence-corrected chi connectivity index (χ2v) is 7.32. The van der Waals surface area contributed by atoms with Crippen LogP contribution in [0.5, 0.6) is 0 Å². The Kier molecular flexibility index (Phi) is 4.88. The number of aromatic nitrogens is 2. The van der Waals surface area contributed by atoms with Gasteiger partial charge in [0.05, 0.1) is 11.8 Å². The number of benzene rings is 3. The van der Waals surface area contributed by atoms with Gasteiger partial charge in [-0.3, -0.25) is 0 Å². The van der Waals surface area contributed by atoms with Crippen molar-refractivity contribution in [1.29, 1.82) is 5.26 Å². The third kappa shape index (κ3) is 3.75. The Morgan fingerprint density at radius 3 is 2.06 bits per heavy atom. The molecule has 31 heavy (non-hydrogen) atoms. The molecule has 0 atom stereocenters. The maximum absolute atomic E-state index is 8.72. The van der Waals surface area contributed by atoms with Crippen molar-refractivity contribution in [2.75, 3.05) is 0 Å². The third-order valence-corrected chi connectivity index (χ3v) is 5.30. The zero-order valence-corrected chi connectivity index (χ0v) is 16.8. The van der Waals surface area contributed by atoms with Gasteiger partial charge in [-0.25, -0.2) is 4.98 Å². The summed E-state index contributed by atoms with van der Waals surface area (Å²) in [4.78, 5) is 4.98. The van der Waals surface area contributed by atoms with Crippen LogP contribution in [0.25, 0.3) is 45.2 Å². The SMILES string of the molecule is N#CC=Cc1ccc(-c2cn3cc(-c4ccccc4)cc(-c4ccccc4)c3n2)cc1. The van der Waals surface area contributed by atoms with Crippen LogP contribution >= 0.6 is 0 Å². The molecule has 0 aliphatic heterocycles. The fourth-order valence-electron chi connectivity index (χ4n) is 3.75. The maximum Gasteiger partial charge on any atom is 0.145 e. The average molecular weight is 397 g/mol. The van der Waals surface area contributed by atoms with Gasteiger partial charge in [0, 0.05) is 29.6 Å². The fourth-order valence-corrected chi connectivity index (χ4v) is 3.75. The van der Waals surface area contributed by atoms with Crippen molar-refractivity contribution >= 4 is 11.7 Å². The molecule has 5 rings (SSSR count). The van der Waals surface area contributed by atoms with Gasteiger partial charge in [-0.1, -0.05) is 84.9 Å². The van der Waals surface area contributed by atoms with Crippen molar-refractivity contribution in [3.05, 3.63) is 115 Å². The highest BCUT2D eigenvalue weighted by molar-refractivity contribution is 5.84. The maximum atomic E-state index is 8.72. The summed E-state index contributed by atoms with van der Waals surface area (Å²) in [7, 11) is 0. The van der Waals surface area contributed by atoms with Gasteiger partial charge >= 0.3 is 0 Å². The number of allylic oxidation sites excluding steroid dienone is 1. The van der Waals surface area contributed by atoms with E-state index in [4.69, 9.17) is 10.2 Å². The molecular formula is C28H19N3. The normalized spacial score (nSPS) is 11.1. The molecule has 0 spiro atoms. The number of imidazole rings is 1. The van der Waals surface area contributed by atoms with E-state index in [-0.39, 0.29) is 0 Å². The number of rotatable bonds is 4. The molecule has 0 aliphatic rings. The van der Waals surface area contributed by atoms with Crippen molar-refractivity contribution in [1.82, 2.24) is 9.38 Å². The van der Waals surface area contributed by atoms with Gasteiger partial charge in [-0.2, -0.15) is 5.26 Å². The van der Waals surface area contributed by atoms with Gasteiger partial charge in [0.1, 0.15) is 5.65 Å². The highest BCUT2D eigenvalue weighted by Crippen LogP contribution is 2.32. The molecule has 3 heteroatoms. The van der Waals surface area contributed by atoms with Crippen LogP contribution in [-0.2, 0) is 0 Å². The molecule has 0 N–H and O–H groups in total. The van der Waals surface area contributed by atoms with E-state index in [1.54, 1.807) is 6.08 Å². The number of nitrogens with zero attached hydrogens (tertiary/aromatic N) is 3. The summed E-state index contributed by atoms with van der Waals surface area (Å²) in [5.74, 6) is 0. The monoisotopic (exact) mass is 397 g/mol. The van der Waals surface area contributed by atoms with Crippen LogP contribution in [0.4, 0.5) is 0 Å². The minimum Gasteiger partial charge on any atom is -0.305 e. The van der Waals surface area contributed by atoms with Gasteiger partial charge in [-0.15, -0.1) is 0 Å². The molecule has 0 unspecified atom stereocenters. The van der Waals surface area contributed by atoms with Crippen LogP contribution in [0.2, 0.25) is 0 Å². The second-order valence-electron chi connectivity index (χ2n) is 7.32. The van der Waals surface area contributed by atoms with Crippen LogP contribution in [0.3, 0.4) is 0 Å². The number of nitriles is 1. The van der Waals surface area contributed by atoms with Gasteiger partial charge in [-0.05, 0) is 34.4 Å². The van der Waals surface area contributed by atoms with E-state index in [9.17, 15) is 0 Å². The smallest absolute Gasteiger partial charge is 0.145 e. The van der Waals surface area contributed by atoms with Crippen molar-refractivity contribution in [3.8, 4) is 39.6 Å². The Labute approximate surface area is 181 Å². The van der Waals surface area contributed by atoms with Crippen molar-refractivity contribution in [2.45, 2.75) is 0 Å². The lowest BCUT2D eigenvalue weighted by molar-refractivity contribution is 1.19. The molecule has 2 aromatic heterocycles. The lowest BCUT2D eigenvalue weighted by Crippen LogP contribution is -1.90. The zero-order valence-electron chi connectivity index (χ0n) is 16.8. The average Bonchev–Trinajstić information content (AvgIpc) is 3.28. The van der Waals surface area contributed by atoms with Crippen LogP contribution in [0.1, 0.15) is 5.56 Å². The summed E-state index contributed by atoms with van der Waals surface area (Å²) in [5.41, 5.74) is 8.43. The van der Waals surface area contributed by atoms with Gasteiger partial charge < -0.3 is 4.40 Å². The van der Waals surface area contributed by atoms with E-state index in [0.717, 1.165) is 39.2 Å². The molecule has 5 aromatic rings. The summed E-state index contributed by atoms with van der Waals surface area (Å²) in [5, 5.41) is 8.72. The van der Waals surface area contributed by atoms with Crippen molar-refractivity contribution in [3.63, 3.8) is 0 Å². The Hall–Kier alpha value is -4.42. The van der Waals surface area contributed by atoms with Crippen LogP contribution in [0.15, 0.2) is 109 Å². The van der Waals surface area contributed by atoms with Crippen molar-refractivity contribution in [2.24, 2.45) is 0 Å². The highest BCUT2D eigenvalue weighted by atomic mass is 15.0. The number of pyridine rings is 1. The van der Waals surface area contributed by atoms with Gasteiger partial charge in [0.25, 0.3) is 0 Å². The molecule has 0 amide bonds. The number of fused-ring (bicyclic) bond motifs is 1. The summed E-state index contributed by atoms with van der Waals surface area (Å²) in [6.45, 7) is 0. The molecule has 0 aliphatic carbocycles. The fraction of sp³-hybridized carbons (Fsp3) is 0. The number of hydrogen-bond donors (Lipinski definition) is 0. The molecule has 0 radical (unpaired) electrons. The first-order valence-electron chi connectivity index (χ1n) is 10.1. The van der Waals surface area contributed by atoms with Gasteiger partial charge in [0.2, 0.25) is 0 Å². The highest BCUT2D eigenvalue weighted by Gasteiger charge is 2.12. The van der Waals surface area contributed by atoms with Crippen LogP contribution in [0, 0.1) is 11.3 Å². The van der Waals surface area contributed by atoms with Gasteiger partial charge in [0.15, 0.2) is 0 Å². The molecule has 3 nitrogen and oxygen atoms in total. The van der Waals surface area contributed by atoms with E-state index in [1.807, 2.05) is 42.5 Å². The molecule has 0 fully saturated rings. The molecule has 2 heterocycles. The van der Waals surface area contributed by atoms with Crippen LogP contribution in [-0.4, -0.2) is 9.38 Å². The minimum atomic E-state index is 0.915. The quantitative estimate of drug-likeness (QED) is 0.310. The largest absolute Gasteiger partial charge is 0.305 e. The Morgan fingerprint density at radius 2 is 1.39 bits per heavy atom. The topological polar surface area (TPSA) is 41.1 Å². The van der Waals surface area contributed by atoms with E-state index in [1.165, 1.54) is 11.6 Å². The predicted molar refractivity (Wildman–Crippen MR) is 126 cm³/mol. The third-order valence-electron chi connectivity index (χ3n) is 5.30. The molecule has 0 saturated carbocycles. The molecule has 0 saturated heterocycles. The first-order chi connectivity index (χ1) is 15.3. The number of hydrogen-bond acceptors (Lipinski definition) is 2. The predicted octanol–water partition coefficient (Wildman–Crippen LogP) is 6.87. The molecular weight excluding hydrogens is 378 g/mol. The lowest BCUT2D eigenvalue weighted by atomic mass is 10.0. The van der Waals surface area contributed by atoms with E-state index < -0.39 is 0 Å². The Balaban J connectivity index is 1.66. The van der Waals surface area contributed by atoms with Crippen molar-refractivity contribution < 1.29 is 0 Å². The second kappa shape index (κ2) is 8.14. The first-order valence-corrected chi connectivity index (χ1v) is 10.1. The van der Waals surface area contributed by atoms with E-state index in [2.05, 4.69) is 71.4 Å². The summed E-state index contributed by atoms with van der Waals surface area (Å²) in [6.07, 6.45) is 7.50. The van der Waals surface area contributed by atoms with E-state index >= 15 is 0 Å². The zero-order chi connectivity index (χ0) is 21.0. The summed E-state index contributed by atoms with van der Waals surface area (Å²) < 4.78 is 2.11. The Bertz CT molecular complexity index is 1400. The summed E-state index contributed by atoms with van der Waals surface area (Å²) >= 11 is 0. The first kappa shape index (κ1) is 18.6. The summed E-state index contributed by atoms with van der Waals surface area (Å²) in [6, 6.07) is 33.1. The molecule has 146 valence electrons. The van der Waals surface area contributed by atoms with E-state index in [0.29, 0.717) is 0 Å².